The highest BCUT2D eigenvalue weighted by molar-refractivity contribution is 7.99. The van der Waals surface area contributed by atoms with Crippen LogP contribution in [0, 0.1) is 0 Å². The zero-order chi connectivity index (χ0) is 12.6. The number of carbonyl (C=O) groups is 1. The predicted octanol–water partition coefficient (Wildman–Crippen LogP) is 0.883. The van der Waals surface area contributed by atoms with Gasteiger partial charge in [-0.25, -0.2) is 0 Å². The van der Waals surface area contributed by atoms with Crippen LogP contribution in [-0.4, -0.2) is 44.0 Å². The normalized spacial score (nSPS) is 19.4. The Bertz CT molecular complexity index is 367. The van der Waals surface area contributed by atoms with Crippen LogP contribution in [0.3, 0.4) is 0 Å². The average Bonchev–Trinajstić information content (AvgIpc) is 2.45. The summed E-state index contributed by atoms with van der Waals surface area (Å²) in [6, 6.07) is 9.99. The van der Waals surface area contributed by atoms with E-state index in [1.807, 2.05) is 18.2 Å². The molecule has 98 valence electrons. The highest BCUT2D eigenvalue weighted by Gasteiger charge is 2.20. The van der Waals surface area contributed by atoms with Crippen LogP contribution in [0.1, 0.15) is 0 Å². The van der Waals surface area contributed by atoms with Crippen molar-refractivity contribution in [3.05, 3.63) is 30.3 Å². The maximum Gasteiger partial charge on any atom is 0.239 e. The molecule has 1 fully saturated rings. The van der Waals surface area contributed by atoms with Crippen molar-refractivity contribution >= 4 is 17.7 Å². The Morgan fingerprint density at radius 1 is 1.44 bits per heavy atom. The van der Waals surface area contributed by atoms with Crippen molar-refractivity contribution in [2.45, 2.75) is 10.9 Å². The fourth-order valence-corrected chi connectivity index (χ4v) is 2.51. The first-order chi connectivity index (χ1) is 8.86. The Balaban J connectivity index is 1.61. The quantitative estimate of drug-likeness (QED) is 0.614. The van der Waals surface area contributed by atoms with E-state index in [0.29, 0.717) is 19.8 Å². The summed E-state index contributed by atoms with van der Waals surface area (Å²) in [5.41, 5.74) is 0. The molecule has 2 rings (SSSR count). The van der Waals surface area contributed by atoms with E-state index in [-0.39, 0.29) is 11.9 Å². The van der Waals surface area contributed by atoms with Gasteiger partial charge in [0.05, 0.1) is 13.2 Å². The number of nitrogens with one attached hydrogen (secondary N) is 2. The van der Waals surface area contributed by atoms with Crippen molar-refractivity contribution in [1.29, 1.82) is 0 Å². The number of benzene rings is 1. The standard InChI is InChI=1S/C13H18N2O2S/c16-13(12-10-17-8-6-14-12)15-7-9-18-11-4-2-1-3-5-11/h1-5,12,14H,6-10H2,(H,15,16). The molecule has 0 radical (unpaired) electrons. The van der Waals surface area contributed by atoms with Gasteiger partial charge >= 0.3 is 0 Å². The number of hydrogen-bond acceptors (Lipinski definition) is 4. The highest BCUT2D eigenvalue weighted by atomic mass is 32.2. The molecule has 1 saturated heterocycles. The summed E-state index contributed by atoms with van der Waals surface area (Å²) in [5, 5.41) is 6.05. The molecule has 0 aromatic heterocycles. The van der Waals surface area contributed by atoms with Crippen LogP contribution in [0.5, 0.6) is 0 Å². The molecule has 1 aliphatic heterocycles. The van der Waals surface area contributed by atoms with Gasteiger partial charge in [-0.05, 0) is 12.1 Å². The summed E-state index contributed by atoms with van der Waals surface area (Å²) in [5.74, 6) is 0.909. The Hall–Kier alpha value is -1.04. The van der Waals surface area contributed by atoms with Crippen LogP contribution in [0.2, 0.25) is 0 Å². The van der Waals surface area contributed by atoms with Gasteiger partial charge in [-0.2, -0.15) is 0 Å². The van der Waals surface area contributed by atoms with Crippen LogP contribution in [0.15, 0.2) is 35.2 Å². The van der Waals surface area contributed by atoms with Gasteiger partial charge in [0.25, 0.3) is 0 Å². The second-order valence-corrected chi connectivity index (χ2v) is 5.20. The van der Waals surface area contributed by atoms with Gasteiger partial charge in [-0.3, -0.25) is 4.79 Å². The molecule has 1 aromatic carbocycles. The third-order valence-corrected chi connectivity index (χ3v) is 3.67. The fraction of sp³-hybridized carbons (Fsp3) is 0.462. The number of ether oxygens (including phenoxy) is 1. The largest absolute Gasteiger partial charge is 0.378 e. The third-order valence-electron chi connectivity index (χ3n) is 2.65. The van der Waals surface area contributed by atoms with E-state index in [1.165, 1.54) is 4.90 Å². The summed E-state index contributed by atoms with van der Waals surface area (Å²) in [7, 11) is 0. The zero-order valence-corrected chi connectivity index (χ0v) is 11.0. The van der Waals surface area contributed by atoms with E-state index in [4.69, 9.17) is 4.74 Å². The molecular formula is C13H18N2O2S. The van der Waals surface area contributed by atoms with Crippen molar-refractivity contribution in [2.24, 2.45) is 0 Å². The van der Waals surface area contributed by atoms with Gasteiger partial charge in [0.2, 0.25) is 5.91 Å². The van der Waals surface area contributed by atoms with E-state index in [9.17, 15) is 4.79 Å². The maximum atomic E-state index is 11.7. The first-order valence-corrected chi connectivity index (χ1v) is 7.11. The minimum atomic E-state index is -0.194. The second kappa shape index (κ2) is 7.41. The number of thioether (sulfide) groups is 1. The molecule has 5 heteroatoms. The summed E-state index contributed by atoms with van der Waals surface area (Å²) in [4.78, 5) is 13.0. The van der Waals surface area contributed by atoms with E-state index in [2.05, 4.69) is 22.8 Å². The first kappa shape index (κ1) is 13.4. The molecule has 1 heterocycles. The minimum absolute atomic E-state index is 0.0309. The molecule has 2 N–H and O–H groups in total. The highest BCUT2D eigenvalue weighted by Crippen LogP contribution is 2.15. The molecule has 0 spiro atoms. The average molecular weight is 266 g/mol. The second-order valence-electron chi connectivity index (χ2n) is 4.03. The van der Waals surface area contributed by atoms with Gasteiger partial charge in [0.15, 0.2) is 0 Å². The predicted molar refractivity (Wildman–Crippen MR) is 72.8 cm³/mol. The van der Waals surface area contributed by atoms with Crippen LogP contribution in [-0.2, 0) is 9.53 Å². The Morgan fingerprint density at radius 3 is 3.00 bits per heavy atom. The number of morpholine rings is 1. The van der Waals surface area contributed by atoms with Crippen molar-refractivity contribution in [3.63, 3.8) is 0 Å². The lowest BCUT2D eigenvalue weighted by molar-refractivity contribution is -0.125. The minimum Gasteiger partial charge on any atom is -0.378 e. The maximum absolute atomic E-state index is 11.7. The number of rotatable bonds is 5. The zero-order valence-electron chi connectivity index (χ0n) is 10.2. The molecule has 1 aliphatic rings. The van der Waals surface area contributed by atoms with Gasteiger partial charge in [-0.15, -0.1) is 11.8 Å². The monoisotopic (exact) mass is 266 g/mol. The van der Waals surface area contributed by atoms with Gasteiger partial charge in [-0.1, -0.05) is 18.2 Å². The van der Waals surface area contributed by atoms with E-state index in [0.717, 1.165) is 12.3 Å². The lowest BCUT2D eigenvalue weighted by Crippen LogP contribution is -2.51. The molecule has 18 heavy (non-hydrogen) atoms. The van der Waals surface area contributed by atoms with Gasteiger partial charge < -0.3 is 15.4 Å². The summed E-state index contributed by atoms with van der Waals surface area (Å²) < 4.78 is 5.25. The van der Waals surface area contributed by atoms with E-state index in [1.54, 1.807) is 11.8 Å². The summed E-state index contributed by atoms with van der Waals surface area (Å²) >= 11 is 1.74. The molecule has 0 saturated carbocycles. The number of hydrogen-bond donors (Lipinski definition) is 2. The molecule has 4 nitrogen and oxygen atoms in total. The van der Waals surface area contributed by atoms with Crippen LogP contribution < -0.4 is 10.6 Å². The van der Waals surface area contributed by atoms with E-state index >= 15 is 0 Å². The number of carbonyl (C=O) groups excluding carboxylic acids is 1. The lowest BCUT2D eigenvalue weighted by Gasteiger charge is -2.22. The van der Waals surface area contributed by atoms with E-state index < -0.39 is 0 Å². The number of amides is 1. The summed E-state index contributed by atoms with van der Waals surface area (Å²) in [6.07, 6.45) is 0. The molecule has 1 amide bonds. The Kier molecular flexibility index (Phi) is 5.51. The smallest absolute Gasteiger partial charge is 0.239 e. The molecule has 1 unspecified atom stereocenters. The Labute approximate surface area is 111 Å². The first-order valence-electron chi connectivity index (χ1n) is 6.13. The lowest BCUT2D eigenvalue weighted by atomic mass is 10.2. The Morgan fingerprint density at radius 2 is 2.28 bits per heavy atom. The van der Waals surface area contributed by atoms with Crippen molar-refractivity contribution in [3.8, 4) is 0 Å². The topological polar surface area (TPSA) is 50.4 Å². The third kappa shape index (κ3) is 4.33. The molecule has 0 bridgehead atoms. The molecule has 1 atom stereocenters. The van der Waals surface area contributed by atoms with Crippen LogP contribution >= 0.6 is 11.8 Å². The summed E-state index contributed by atoms with van der Waals surface area (Å²) in [6.45, 7) is 2.58. The van der Waals surface area contributed by atoms with Crippen molar-refractivity contribution in [2.75, 3.05) is 32.1 Å². The SMILES string of the molecule is O=C(NCCSc1ccccc1)C1COCCN1. The molecule has 1 aromatic rings. The molecular weight excluding hydrogens is 248 g/mol. The molecule has 0 aliphatic carbocycles. The fourth-order valence-electron chi connectivity index (χ4n) is 1.72. The van der Waals surface area contributed by atoms with Crippen LogP contribution in [0.4, 0.5) is 0 Å². The van der Waals surface area contributed by atoms with Gasteiger partial charge in [0, 0.05) is 23.7 Å². The van der Waals surface area contributed by atoms with Crippen molar-refractivity contribution < 1.29 is 9.53 Å². The van der Waals surface area contributed by atoms with Gasteiger partial charge in [0.1, 0.15) is 6.04 Å². The van der Waals surface area contributed by atoms with Crippen molar-refractivity contribution in [1.82, 2.24) is 10.6 Å². The van der Waals surface area contributed by atoms with Crippen LogP contribution in [0.25, 0.3) is 0 Å².